The zero-order chi connectivity index (χ0) is 24.8. The highest BCUT2D eigenvalue weighted by Crippen LogP contribution is 2.58. The van der Waals surface area contributed by atoms with E-state index < -0.39 is 20.1 Å². The third kappa shape index (κ3) is 3.33. The minimum Gasteiger partial charge on any atom is -0.409 e. The van der Waals surface area contributed by atoms with Crippen molar-refractivity contribution in [2.75, 3.05) is 13.2 Å². The molecule has 1 aliphatic carbocycles. The molecule has 0 N–H and O–H groups in total. The molecule has 1 spiro atoms. The Morgan fingerprint density at radius 3 is 2.40 bits per heavy atom. The van der Waals surface area contributed by atoms with E-state index >= 15 is 0 Å². The standard InChI is InChI=1S/C25H35N3O6Si/c1-24(2,3)35(4,5)34-19-18-17(25(21-20(19)33-21)31-14-9-15-32-25)12-13-26-22(29)27(23(30)28(18)26)16-10-7-6-8-11-16/h6-8,10-11,17-21H,9,12-15H2,1-5H3/t17-,18+,19-,20-,21-/m0/s1. The van der Waals surface area contributed by atoms with Crippen LogP contribution < -0.4 is 11.4 Å². The second kappa shape index (κ2) is 7.76. The Hall–Kier alpha value is -1.98. The summed E-state index contributed by atoms with van der Waals surface area (Å²) in [6, 6.07) is 8.67. The third-order valence-corrected chi connectivity index (χ3v) is 13.2. The minimum atomic E-state index is -2.23. The van der Waals surface area contributed by atoms with E-state index in [1.54, 1.807) is 21.5 Å². The lowest BCUT2D eigenvalue weighted by molar-refractivity contribution is -0.321. The van der Waals surface area contributed by atoms with E-state index in [0.717, 1.165) is 6.42 Å². The average Bonchev–Trinajstić information content (AvgIpc) is 3.59. The van der Waals surface area contributed by atoms with E-state index in [1.165, 1.54) is 4.57 Å². The third-order valence-electron chi connectivity index (χ3n) is 8.70. The Morgan fingerprint density at radius 1 is 1.06 bits per heavy atom. The van der Waals surface area contributed by atoms with Crippen LogP contribution in [0.4, 0.5) is 0 Å². The second-order valence-electron chi connectivity index (χ2n) is 11.7. The van der Waals surface area contributed by atoms with Crippen molar-refractivity contribution in [3.8, 4) is 5.69 Å². The summed E-state index contributed by atoms with van der Waals surface area (Å²) in [6.45, 7) is 12.6. The molecule has 5 atom stereocenters. The highest BCUT2D eigenvalue weighted by atomic mass is 28.4. The van der Waals surface area contributed by atoms with Crippen molar-refractivity contribution in [1.29, 1.82) is 0 Å². The summed E-state index contributed by atoms with van der Waals surface area (Å²) < 4.78 is 30.4. The van der Waals surface area contributed by atoms with Crippen molar-refractivity contribution in [3.05, 3.63) is 51.3 Å². The molecule has 1 aromatic heterocycles. The van der Waals surface area contributed by atoms with Gasteiger partial charge in [0.2, 0.25) is 5.79 Å². The van der Waals surface area contributed by atoms with Gasteiger partial charge in [0.1, 0.15) is 12.2 Å². The van der Waals surface area contributed by atoms with Crippen LogP contribution >= 0.6 is 0 Å². The molecule has 0 unspecified atom stereocenters. The number of aromatic nitrogens is 3. The van der Waals surface area contributed by atoms with Gasteiger partial charge in [-0.1, -0.05) is 39.0 Å². The number of hydrogen-bond acceptors (Lipinski definition) is 6. The highest BCUT2D eigenvalue weighted by Gasteiger charge is 2.73. The molecule has 0 amide bonds. The highest BCUT2D eigenvalue weighted by molar-refractivity contribution is 6.74. The first-order valence-corrected chi connectivity index (χ1v) is 15.6. The van der Waals surface area contributed by atoms with Crippen molar-refractivity contribution < 1.29 is 18.6 Å². The van der Waals surface area contributed by atoms with E-state index in [9.17, 15) is 9.59 Å². The summed E-state index contributed by atoms with van der Waals surface area (Å²) in [5, 5.41) is -0.0187. The van der Waals surface area contributed by atoms with Gasteiger partial charge < -0.3 is 18.6 Å². The quantitative estimate of drug-likeness (QED) is 0.475. The Kier molecular flexibility index (Phi) is 5.19. The first-order chi connectivity index (χ1) is 16.6. The monoisotopic (exact) mass is 501 g/mol. The van der Waals surface area contributed by atoms with Crippen LogP contribution in [0.25, 0.3) is 5.69 Å². The van der Waals surface area contributed by atoms with Crippen LogP contribution in [0.15, 0.2) is 39.9 Å². The van der Waals surface area contributed by atoms with E-state index in [1.807, 2.05) is 18.2 Å². The number of hydrogen-bond donors (Lipinski definition) is 0. The molecule has 35 heavy (non-hydrogen) atoms. The van der Waals surface area contributed by atoms with Gasteiger partial charge in [-0.25, -0.2) is 23.5 Å². The molecule has 4 aliphatic rings. The Bertz CT molecular complexity index is 1240. The minimum absolute atomic E-state index is 0.0187. The molecule has 3 fully saturated rings. The van der Waals surface area contributed by atoms with Gasteiger partial charge in [0.05, 0.1) is 31.0 Å². The molecular formula is C25H35N3O6Si. The molecule has 9 nitrogen and oxygen atoms in total. The van der Waals surface area contributed by atoms with Crippen LogP contribution in [0.2, 0.25) is 18.1 Å². The smallest absolute Gasteiger partial charge is 0.352 e. The van der Waals surface area contributed by atoms with E-state index in [2.05, 4.69) is 33.9 Å². The SMILES string of the molecule is CC(C)(C)[Si](C)(C)O[C@@H]1[C@@H]2O[C@@H]2C2(OCCCO2)[C@H]2CCn3c(=O)n(-c4ccccc4)c(=O)n3[C@@H]12. The summed E-state index contributed by atoms with van der Waals surface area (Å²) in [7, 11) is -2.23. The van der Waals surface area contributed by atoms with Crippen LogP contribution in [-0.2, 0) is 25.2 Å². The van der Waals surface area contributed by atoms with E-state index in [-0.39, 0.29) is 40.6 Å². The van der Waals surface area contributed by atoms with Gasteiger partial charge in [-0.05, 0) is 43.1 Å². The average molecular weight is 502 g/mol. The largest absolute Gasteiger partial charge is 0.409 e. The summed E-state index contributed by atoms with van der Waals surface area (Å²) >= 11 is 0. The number of rotatable bonds is 3. The maximum Gasteiger partial charge on any atom is 0.352 e. The fourth-order valence-corrected chi connectivity index (χ4v) is 7.20. The van der Waals surface area contributed by atoms with Crippen molar-refractivity contribution in [3.63, 3.8) is 0 Å². The number of benzene rings is 1. The lowest BCUT2D eigenvalue weighted by atomic mass is 9.74. The van der Waals surface area contributed by atoms with Gasteiger partial charge in [-0.15, -0.1) is 0 Å². The van der Waals surface area contributed by atoms with Crippen LogP contribution in [0.5, 0.6) is 0 Å². The first-order valence-electron chi connectivity index (χ1n) is 12.7. The molecule has 1 aromatic carbocycles. The number of para-hydroxylation sites is 1. The van der Waals surface area contributed by atoms with Crippen molar-refractivity contribution in [1.82, 2.24) is 13.9 Å². The lowest BCUT2D eigenvalue weighted by Gasteiger charge is -2.52. The van der Waals surface area contributed by atoms with Crippen LogP contribution in [0, 0.1) is 5.92 Å². The predicted molar refractivity (Wildman–Crippen MR) is 131 cm³/mol. The van der Waals surface area contributed by atoms with Gasteiger partial charge in [-0.2, -0.15) is 0 Å². The number of ether oxygens (including phenoxy) is 3. The van der Waals surface area contributed by atoms with E-state index in [0.29, 0.717) is 31.9 Å². The molecule has 2 saturated heterocycles. The van der Waals surface area contributed by atoms with Crippen LogP contribution in [-0.4, -0.2) is 59.6 Å². The van der Waals surface area contributed by atoms with Crippen molar-refractivity contribution in [2.45, 2.75) is 88.4 Å². The first kappa shape index (κ1) is 23.4. The maximum atomic E-state index is 13.9. The van der Waals surface area contributed by atoms with Gasteiger partial charge in [-0.3, -0.25) is 0 Å². The van der Waals surface area contributed by atoms with Crippen LogP contribution in [0.1, 0.15) is 39.7 Å². The second-order valence-corrected chi connectivity index (χ2v) is 16.5. The molecule has 1 saturated carbocycles. The van der Waals surface area contributed by atoms with Gasteiger partial charge in [0, 0.05) is 12.5 Å². The molecule has 0 radical (unpaired) electrons. The predicted octanol–water partition coefficient (Wildman–Crippen LogP) is 2.67. The fourth-order valence-electron chi connectivity index (χ4n) is 5.89. The summed E-state index contributed by atoms with van der Waals surface area (Å²) in [5.74, 6) is -1.07. The summed E-state index contributed by atoms with van der Waals surface area (Å²) in [6.07, 6.45) is 0.657. The molecule has 6 rings (SSSR count). The van der Waals surface area contributed by atoms with E-state index in [4.69, 9.17) is 18.6 Å². The molecule has 10 heteroatoms. The zero-order valence-corrected chi connectivity index (χ0v) is 22.1. The van der Waals surface area contributed by atoms with Gasteiger partial charge in [0.15, 0.2) is 8.32 Å². The lowest BCUT2D eigenvalue weighted by Crippen LogP contribution is -2.65. The summed E-state index contributed by atoms with van der Waals surface area (Å²) in [5.41, 5.74) is -0.125. The van der Waals surface area contributed by atoms with Crippen molar-refractivity contribution in [2.24, 2.45) is 5.92 Å². The molecule has 4 heterocycles. The molecule has 0 bridgehead atoms. The topological polar surface area (TPSA) is 89.2 Å². The maximum absolute atomic E-state index is 13.9. The molecule has 3 aliphatic heterocycles. The Morgan fingerprint density at radius 2 is 1.74 bits per heavy atom. The number of epoxide rings is 1. The molecular weight excluding hydrogens is 466 g/mol. The molecule has 2 aromatic rings. The number of fused-ring (bicyclic) bond motifs is 6. The van der Waals surface area contributed by atoms with Gasteiger partial charge >= 0.3 is 11.4 Å². The Labute approximate surface area is 205 Å². The van der Waals surface area contributed by atoms with Crippen molar-refractivity contribution >= 4 is 8.32 Å². The van der Waals surface area contributed by atoms with Crippen LogP contribution in [0.3, 0.4) is 0 Å². The number of nitrogens with zero attached hydrogens (tertiary/aromatic N) is 3. The van der Waals surface area contributed by atoms with Gasteiger partial charge in [0.25, 0.3) is 0 Å². The summed E-state index contributed by atoms with van der Waals surface area (Å²) in [4.78, 5) is 27.4. The Balaban J connectivity index is 1.52. The fraction of sp³-hybridized carbons (Fsp3) is 0.680. The molecule has 190 valence electrons. The normalized spacial score (nSPS) is 31.5. The zero-order valence-electron chi connectivity index (χ0n) is 21.1.